The monoisotopic (exact) mass is 532 g/mol. The van der Waals surface area contributed by atoms with Crippen LogP contribution in [0.1, 0.15) is 26.3 Å². The first kappa shape index (κ1) is 27.5. The average molecular weight is 533 g/mol. The number of carbonyl (C=O) groups excluding carboxylic acids is 1. The van der Waals surface area contributed by atoms with Crippen molar-refractivity contribution < 1.29 is 19.0 Å². The summed E-state index contributed by atoms with van der Waals surface area (Å²) in [5, 5.41) is 32.1. The summed E-state index contributed by atoms with van der Waals surface area (Å²) in [4.78, 5) is 23.6. The molecule has 39 heavy (non-hydrogen) atoms. The van der Waals surface area contributed by atoms with Crippen LogP contribution in [0.3, 0.4) is 0 Å². The molecule has 202 valence electrons. The fourth-order valence-corrected chi connectivity index (χ4v) is 4.35. The summed E-state index contributed by atoms with van der Waals surface area (Å²) in [6, 6.07) is 9.23. The highest BCUT2D eigenvalue weighted by Gasteiger charge is 2.27. The number of benzene rings is 1. The van der Waals surface area contributed by atoms with Crippen LogP contribution in [0.2, 0.25) is 0 Å². The van der Waals surface area contributed by atoms with Crippen molar-refractivity contribution >= 4 is 34.0 Å². The van der Waals surface area contributed by atoms with Gasteiger partial charge in [0.15, 0.2) is 5.82 Å². The number of aromatic nitrogens is 4. The van der Waals surface area contributed by atoms with Crippen LogP contribution in [-0.2, 0) is 18.3 Å². The number of fused-ring (bicyclic) bond motifs is 3. The molecule has 4 rings (SSSR count). The standard InChI is InChI=1S/C27H29FN8O3/c1-27(2,3)39-26(38)35(5)25-22-23(34(4)15-32-22)20-11-21(17-8-16(12-29)9-18(28)10-17)36(24(20)33-25)14-19(13-30)31-6-7-37/h8-11,15,19,31,37H,6-7,14H2,1-5H3. The van der Waals surface area contributed by atoms with Crippen molar-refractivity contribution in [3.05, 3.63) is 42.0 Å². The molecular weight excluding hydrogens is 503 g/mol. The van der Waals surface area contributed by atoms with Gasteiger partial charge >= 0.3 is 6.09 Å². The quantitative estimate of drug-likeness (QED) is 0.368. The van der Waals surface area contributed by atoms with Crippen LogP contribution in [0.5, 0.6) is 0 Å². The van der Waals surface area contributed by atoms with E-state index in [0.29, 0.717) is 33.3 Å². The van der Waals surface area contributed by atoms with E-state index < -0.39 is 23.6 Å². The number of carbonyl (C=O) groups is 1. The summed E-state index contributed by atoms with van der Waals surface area (Å²) < 4.78 is 23.6. The Morgan fingerprint density at radius 3 is 2.67 bits per heavy atom. The molecule has 0 bridgehead atoms. The number of nitrogens with zero attached hydrogens (tertiary/aromatic N) is 7. The third-order valence-corrected chi connectivity index (χ3v) is 6.02. The minimum Gasteiger partial charge on any atom is -0.443 e. The van der Waals surface area contributed by atoms with Crippen molar-refractivity contribution in [3.63, 3.8) is 0 Å². The minimum atomic E-state index is -0.736. The van der Waals surface area contributed by atoms with Crippen LogP contribution in [0, 0.1) is 28.5 Å². The molecule has 0 aliphatic rings. The van der Waals surface area contributed by atoms with Crippen LogP contribution < -0.4 is 10.2 Å². The molecule has 1 aromatic carbocycles. The van der Waals surface area contributed by atoms with Crippen molar-refractivity contribution in [2.75, 3.05) is 25.1 Å². The molecule has 0 saturated heterocycles. The molecule has 12 heteroatoms. The molecule has 0 fully saturated rings. The summed E-state index contributed by atoms with van der Waals surface area (Å²) in [5.41, 5.74) is 1.87. The Morgan fingerprint density at radius 2 is 2.03 bits per heavy atom. The predicted octanol–water partition coefficient (Wildman–Crippen LogP) is 3.45. The molecule has 3 aromatic heterocycles. The van der Waals surface area contributed by atoms with Gasteiger partial charge in [0.25, 0.3) is 0 Å². The Kier molecular flexibility index (Phi) is 7.54. The highest BCUT2D eigenvalue weighted by molar-refractivity contribution is 6.10. The summed E-state index contributed by atoms with van der Waals surface area (Å²) in [7, 11) is 3.34. The van der Waals surface area contributed by atoms with E-state index in [1.807, 2.05) is 6.07 Å². The van der Waals surface area contributed by atoms with E-state index in [1.54, 1.807) is 55.4 Å². The molecule has 0 spiro atoms. The van der Waals surface area contributed by atoms with E-state index in [9.17, 15) is 24.8 Å². The second-order valence-electron chi connectivity index (χ2n) is 10.1. The van der Waals surface area contributed by atoms with E-state index in [-0.39, 0.29) is 31.1 Å². The number of halogens is 1. The van der Waals surface area contributed by atoms with Crippen LogP contribution >= 0.6 is 0 Å². The smallest absolute Gasteiger partial charge is 0.415 e. The topological polar surface area (TPSA) is 145 Å². The van der Waals surface area contributed by atoms with Gasteiger partial charge in [0.05, 0.1) is 48.4 Å². The largest absolute Gasteiger partial charge is 0.443 e. The van der Waals surface area contributed by atoms with Gasteiger partial charge in [0, 0.05) is 31.6 Å². The summed E-state index contributed by atoms with van der Waals surface area (Å²) in [6.07, 6.45) is 0.981. The molecule has 4 aromatic rings. The number of pyridine rings is 1. The maximum absolute atomic E-state index is 14.5. The fourth-order valence-electron chi connectivity index (χ4n) is 4.35. The number of imidazole rings is 1. The number of aliphatic hydroxyl groups is 1. The number of amides is 1. The summed E-state index contributed by atoms with van der Waals surface area (Å²) >= 11 is 0. The van der Waals surface area contributed by atoms with Crippen LogP contribution in [-0.4, -0.2) is 62.1 Å². The zero-order valence-electron chi connectivity index (χ0n) is 22.4. The van der Waals surface area contributed by atoms with Crippen molar-refractivity contribution in [2.24, 2.45) is 7.05 Å². The van der Waals surface area contributed by atoms with Crippen LogP contribution in [0.15, 0.2) is 30.6 Å². The molecule has 0 aliphatic heterocycles. The minimum absolute atomic E-state index is 0.0830. The number of ether oxygens (including phenoxy) is 1. The number of aryl methyl sites for hydroxylation is 1. The van der Waals surface area contributed by atoms with Gasteiger partial charge < -0.3 is 19.0 Å². The van der Waals surface area contributed by atoms with Crippen molar-refractivity contribution in [3.8, 4) is 23.4 Å². The lowest BCUT2D eigenvalue weighted by molar-refractivity contribution is 0.0588. The maximum atomic E-state index is 14.5. The van der Waals surface area contributed by atoms with E-state index in [2.05, 4.69) is 16.4 Å². The van der Waals surface area contributed by atoms with Gasteiger partial charge in [-0.15, -0.1) is 0 Å². The highest BCUT2D eigenvalue weighted by Crippen LogP contribution is 2.36. The predicted molar refractivity (Wildman–Crippen MR) is 143 cm³/mol. The van der Waals surface area contributed by atoms with Gasteiger partial charge in [-0.05, 0) is 45.0 Å². The number of nitrogens with one attached hydrogen (secondary N) is 1. The van der Waals surface area contributed by atoms with E-state index >= 15 is 0 Å². The SMILES string of the molecule is CN(C(=O)OC(C)(C)C)c1nc2c(cc(-c3cc(F)cc(C#N)c3)n2CC(C#N)NCCO)c2c1ncn2C. The number of hydrogen-bond acceptors (Lipinski definition) is 8. The molecule has 1 atom stereocenters. The van der Waals surface area contributed by atoms with Gasteiger partial charge in [0.1, 0.15) is 28.6 Å². The normalized spacial score (nSPS) is 12.3. The highest BCUT2D eigenvalue weighted by atomic mass is 19.1. The Labute approximate surface area is 224 Å². The number of hydrogen-bond donors (Lipinski definition) is 2. The number of rotatable bonds is 7. The molecule has 0 radical (unpaired) electrons. The Hall–Kier alpha value is -4.52. The van der Waals surface area contributed by atoms with Gasteiger partial charge in [-0.3, -0.25) is 10.2 Å². The van der Waals surface area contributed by atoms with Gasteiger partial charge in [-0.2, -0.15) is 10.5 Å². The van der Waals surface area contributed by atoms with Gasteiger partial charge in [-0.1, -0.05) is 0 Å². The molecule has 0 aliphatic carbocycles. The molecule has 0 saturated carbocycles. The van der Waals surface area contributed by atoms with Crippen LogP contribution in [0.25, 0.3) is 33.3 Å². The average Bonchev–Trinajstić information content (AvgIpc) is 3.44. The third kappa shape index (κ3) is 5.53. The Balaban J connectivity index is 2.02. The van der Waals surface area contributed by atoms with E-state index in [0.717, 1.165) is 6.07 Å². The Morgan fingerprint density at radius 1 is 1.28 bits per heavy atom. The Bertz CT molecular complexity index is 1640. The van der Waals surface area contributed by atoms with Crippen LogP contribution in [0.4, 0.5) is 15.0 Å². The summed E-state index contributed by atoms with van der Waals surface area (Å²) in [6.45, 7) is 5.40. The summed E-state index contributed by atoms with van der Waals surface area (Å²) in [5.74, 6) is -0.341. The fraction of sp³-hybridized carbons (Fsp3) is 0.370. The first-order valence-electron chi connectivity index (χ1n) is 12.2. The van der Waals surface area contributed by atoms with E-state index in [1.165, 1.54) is 18.0 Å². The maximum Gasteiger partial charge on any atom is 0.415 e. The van der Waals surface area contributed by atoms with Gasteiger partial charge in [0.2, 0.25) is 0 Å². The first-order chi connectivity index (χ1) is 18.5. The zero-order chi connectivity index (χ0) is 28.5. The van der Waals surface area contributed by atoms with Crippen molar-refractivity contribution in [1.82, 2.24) is 24.4 Å². The van der Waals surface area contributed by atoms with E-state index in [4.69, 9.17) is 9.72 Å². The first-order valence-corrected chi connectivity index (χ1v) is 12.2. The molecule has 3 heterocycles. The zero-order valence-corrected chi connectivity index (χ0v) is 22.4. The van der Waals surface area contributed by atoms with Gasteiger partial charge in [-0.25, -0.2) is 19.2 Å². The number of anilines is 1. The van der Waals surface area contributed by atoms with Crippen molar-refractivity contribution in [2.45, 2.75) is 39.0 Å². The molecule has 2 N–H and O–H groups in total. The number of nitriles is 2. The molecule has 1 unspecified atom stereocenters. The lowest BCUT2D eigenvalue weighted by Gasteiger charge is -2.24. The lowest BCUT2D eigenvalue weighted by atomic mass is 10.1. The molecule has 1 amide bonds. The molecule has 11 nitrogen and oxygen atoms in total. The second kappa shape index (κ2) is 10.7. The number of aliphatic hydroxyl groups excluding tert-OH is 1. The van der Waals surface area contributed by atoms with Crippen molar-refractivity contribution in [1.29, 1.82) is 10.5 Å². The molecular formula is C27H29FN8O3. The lowest BCUT2D eigenvalue weighted by Crippen LogP contribution is -2.35. The third-order valence-electron chi connectivity index (χ3n) is 6.02. The second-order valence-corrected chi connectivity index (χ2v) is 10.1.